The number of amides is 1. The van der Waals surface area contributed by atoms with E-state index in [-0.39, 0.29) is 18.9 Å². The van der Waals surface area contributed by atoms with Crippen LogP contribution in [-0.2, 0) is 16.1 Å². The van der Waals surface area contributed by atoms with Gasteiger partial charge in [-0.2, -0.15) is 0 Å². The Morgan fingerprint density at radius 2 is 2.26 bits per heavy atom. The van der Waals surface area contributed by atoms with Gasteiger partial charge in [-0.05, 0) is 24.1 Å². The van der Waals surface area contributed by atoms with Crippen LogP contribution in [0.5, 0.6) is 0 Å². The number of halogens is 2. The molecule has 102 valence electrons. The first-order valence-electron chi connectivity index (χ1n) is 5.92. The third-order valence-corrected chi connectivity index (χ3v) is 4.07. The van der Waals surface area contributed by atoms with Gasteiger partial charge in [-0.25, -0.2) is 0 Å². The molecule has 19 heavy (non-hydrogen) atoms. The number of rotatable bonds is 3. The van der Waals surface area contributed by atoms with Crippen LogP contribution in [0.2, 0.25) is 5.02 Å². The lowest BCUT2D eigenvalue weighted by Crippen LogP contribution is -2.42. The van der Waals surface area contributed by atoms with Crippen LogP contribution < -0.4 is 0 Å². The van der Waals surface area contributed by atoms with E-state index in [1.807, 2.05) is 12.1 Å². The van der Waals surface area contributed by atoms with Gasteiger partial charge < -0.3 is 10.0 Å². The Balaban J connectivity index is 2.12. The van der Waals surface area contributed by atoms with E-state index in [4.69, 9.17) is 16.7 Å². The quantitative estimate of drug-likeness (QED) is 0.915. The van der Waals surface area contributed by atoms with E-state index in [1.54, 1.807) is 11.0 Å². The van der Waals surface area contributed by atoms with Crippen LogP contribution in [0.15, 0.2) is 22.7 Å². The summed E-state index contributed by atoms with van der Waals surface area (Å²) in [5.74, 6) is -1.34. The number of carbonyl (C=O) groups excluding carboxylic acids is 1. The van der Waals surface area contributed by atoms with Crippen LogP contribution in [0.1, 0.15) is 18.4 Å². The Bertz CT molecular complexity index is 521. The summed E-state index contributed by atoms with van der Waals surface area (Å²) in [7, 11) is 0. The number of hydrogen-bond donors (Lipinski definition) is 1. The lowest BCUT2D eigenvalue weighted by Gasteiger charge is -2.30. The van der Waals surface area contributed by atoms with Gasteiger partial charge in [0.1, 0.15) is 0 Å². The average Bonchev–Trinajstić information content (AvgIpc) is 2.34. The van der Waals surface area contributed by atoms with Crippen molar-refractivity contribution in [3.05, 3.63) is 33.3 Å². The highest BCUT2D eigenvalue weighted by atomic mass is 79.9. The zero-order valence-electron chi connectivity index (χ0n) is 10.1. The standard InChI is InChI=1S/C13H13BrClNO3/c14-10-3-1-8(11(15)5-10)6-16-7-9(13(18)19)2-4-12(16)17/h1,3,5,9H,2,4,6-7H2,(H,18,19). The number of aliphatic carboxylic acids is 1. The Morgan fingerprint density at radius 3 is 2.89 bits per heavy atom. The van der Waals surface area contributed by atoms with Crippen LogP contribution in [0, 0.1) is 5.92 Å². The summed E-state index contributed by atoms with van der Waals surface area (Å²) in [4.78, 5) is 24.4. The number of carbonyl (C=O) groups is 2. The topological polar surface area (TPSA) is 57.6 Å². The summed E-state index contributed by atoms with van der Waals surface area (Å²) in [5.41, 5.74) is 0.823. The van der Waals surface area contributed by atoms with Gasteiger partial charge in [0.25, 0.3) is 0 Å². The molecule has 1 aliphatic heterocycles. The molecule has 0 saturated carbocycles. The molecule has 6 heteroatoms. The zero-order chi connectivity index (χ0) is 14.0. The van der Waals surface area contributed by atoms with Crippen molar-refractivity contribution in [2.45, 2.75) is 19.4 Å². The van der Waals surface area contributed by atoms with E-state index in [0.29, 0.717) is 18.0 Å². The summed E-state index contributed by atoms with van der Waals surface area (Å²) >= 11 is 9.43. The Labute approximate surface area is 124 Å². The summed E-state index contributed by atoms with van der Waals surface area (Å²) < 4.78 is 0.870. The van der Waals surface area contributed by atoms with Crippen molar-refractivity contribution >= 4 is 39.4 Å². The predicted octanol–water partition coefficient (Wildman–Crippen LogP) is 2.93. The summed E-state index contributed by atoms with van der Waals surface area (Å²) in [6.45, 7) is 0.606. The maximum absolute atomic E-state index is 11.8. The molecule has 0 radical (unpaired) electrons. The van der Waals surface area contributed by atoms with E-state index in [0.717, 1.165) is 10.0 Å². The molecule has 1 N–H and O–H groups in total. The minimum absolute atomic E-state index is 0.0171. The second kappa shape index (κ2) is 5.92. The summed E-state index contributed by atoms with van der Waals surface area (Å²) in [5, 5.41) is 9.60. The fraction of sp³-hybridized carbons (Fsp3) is 0.385. The highest BCUT2D eigenvalue weighted by Crippen LogP contribution is 2.25. The molecule has 1 fully saturated rings. The van der Waals surface area contributed by atoms with Crippen LogP contribution in [-0.4, -0.2) is 28.4 Å². The molecule has 1 aliphatic rings. The molecule has 1 unspecified atom stereocenters. The highest BCUT2D eigenvalue weighted by molar-refractivity contribution is 9.10. The molecule has 1 amide bonds. The first kappa shape index (κ1) is 14.3. The van der Waals surface area contributed by atoms with Crippen molar-refractivity contribution in [3.63, 3.8) is 0 Å². The SMILES string of the molecule is O=C(O)C1CCC(=O)N(Cc2ccc(Br)cc2Cl)C1. The molecule has 2 rings (SSSR count). The molecule has 1 saturated heterocycles. The minimum Gasteiger partial charge on any atom is -0.481 e. The lowest BCUT2D eigenvalue weighted by atomic mass is 9.97. The van der Waals surface area contributed by atoms with E-state index in [1.165, 1.54) is 0 Å². The molecule has 1 atom stereocenters. The maximum atomic E-state index is 11.8. The largest absolute Gasteiger partial charge is 0.481 e. The second-order valence-electron chi connectivity index (χ2n) is 4.58. The van der Waals surface area contributed by atoms with Crippen molar-refractivity contribution in [1.82, 2.24) is 4.90 Å². The molecule has 0 aliphatic carbocycles. The number of hydrogen-bond acceptors (Lipinski definition) is 2. The van der Waals surface area contributed by atoms with Gasteiger partial charge in [-0.1, -0.05) is 33.6 Å². The number of nitrogens with zero attached hydrogens (tertiary/aromatic N) is 1. The van der Waals surface area contributed by atoms with Crippen molar-refractivity contribution in [3.8, 4) is 0 Å². The number of piperidine rings is 1. The monoisotopic (exact) mass is 345 g/mol. The molecule has 0 bridgehead atoms. The van der Waals surface area contributed by atoms with Gasteiger partial charge >= 0.3 is 5.97 Å². The normalized spacial score (nSPS) is 19.6. The number of likely N-dealkylation sites (tertiary alicyclic amines) is 1. The fourth-order valence-corrected chi connectivity index (χ4v) is 2.86. The van der Waals surface area contributed by atoms with Gasteiger partial charge in [0.05, 0.1) is 5.92 Å². The van der Waals surface area contributed by atoms with Crippen molar-refractivity contribution in [2.75, 3.05) is 6.54 Å². The van der Waals surface area contributed by atoms with Gasteiger partial charge in [-0.3, -0.25) is 9.59 Å². The molecule has 1 heterocycles. The smallest absolute Gasteiger partial charge is 0.308 e. The number of benzene rings is 1. The molecule has 1 aromatic rings. The molecule has 0 aromatic heterocycles. The third-order valence-electron chi connectivity index (χ3n) is 3.23. The number of carboxylic acid groups (broad SMARTS) is 1. The van der Waals surface area contributed by atoms with Crippen LogP contribution in [0.3, 0.4) is 0 Å². The highest BCUT2D eigenvalue weighted by Gasteiger charge is 2.30. The van der Waals surface area contributed by atoms with E-state index >= 15 is 0 Å². The minimum atomic E-state index is -0.848. The average molecular weight is 347 g/mol. The van der Waals surface area contributed by atoms with Crippen LogP contribution >= 0.6 is 27.5 Å². The second-order valence-corrected chi connectivity index (χ2v) is 5.91. The number of carboxylic acids is 1. The molecule has 4 nitrogen and oxygen atoms in total. The van der Waals surface area contributed by atoms with Gasteiger partial charge in [0.2, 0.25) is 5.91 Å². The fourth-order valence-electron chi connectivity index (χ4n) is 2.12. The van der Waals surface area contributed by atoms with E-state index < -0.39 is 11.9 Å². The molecular formula is C13H13BrClNO3. The van der Waals surface area contributed by atoms with Crippen LogP contribution in [0.25, 0.3) is 0 Å². The lowest BCUT2D eigenvalue weighted by molar-refractivity contribution is -0.147. The van der Waals surface area contributed by atoms with Gasteiger partial charge in [0.15, 0.2) is 0 Å². The third kappa shape index (κ3) is 3.48. The van der Waals surface area contributed by atoms with Gasteiger partial charge in [0, 0.05) is 29.0 Å². The molecular weight excluding hydrogens is 334 g/mol. The van der Waals surface area contributed by atoms with Crippen molar-refractivity contribution < 1.29 is 14.7 Å². The van der Waals surface area contributed by atoms with E-state index in [2.05, 4.69) is 15.9 Å². The molecule has 0 spiro atoms. The molecule has 1 aromatic carbocycles. The predicted molar refractivity (Wildman–Crippen MR) is 74.9 cm³/mol. The summed E-state index contributed by atoms with van der Waals surface area (Å²) in [6.07, 6.45) is 0.698. The zero-order valence-corrected chi connectivity index (χ0v) is 12.4. The van der Waals surface area contributed by atoms with Gasteiger partial charge in [-0.15, -0.1) is 0 Å². The maximum Gasteiger partial charge on any atom is 0.308 e. The Morgan fingerprint density at radius 1 is 1.53 bits per heavy atom. The first-order chi connectivity index (χ1) is 8.97. The Kier molecular flexibility index (Phi) is 4.47. The van der Waals surface area contributed by atoms with Crippen molar-refractivity contribution in [2.24, 2.45) is 5.92 Å². The first-order valence-corrected chi connectivity index (χ1v) is 7.09. The van der Waals surface area contributed by atoms with Crippen molar-refractivity contribution in [1.29, 1.82) is 0 Å². The van der Waals surface area contributed by atoms with Crippen LogP contribution in [0.4, 0.5) is 0 Å². The van der Waals surface area contributed by atoms with E-state index in [9.17, 15) is 9.59 Å². The Hall–Kier alpha value is -1.07. The summed E-state index contributed by atoms with van der Waals surface area (Å²) in [6, 6.07) is 5.45.